The molecular formula is C26H26FN7O2. The van der Waals surface area contributed by atoms with Crippen molar-refractivity contribution < 1.29 is 13.9 Å². The molecule has 0 saturated carbocycles. The highest BCUT2D eigenvalue weighted by Crippen LogP contribution is 2.24. The Balaban J connectivity index is 1.34. The van der Waals surface area contributed by atoms with Crippen LogP contribution in [-0.4, -0.2) is 69.1 Å². The Morgan fingerprint density at radius 1 is 1.03 bits per heavy atom. The Morgan fingerprint density at radius 2 is 1.81 bits per heavy atom. The average Bonchev–Trinajstić information content (AvgIpc) is 3.34. The molecule has 1 aliphatic heterocycles. The van der Waals surface area contributed by atoms with Gasteiger partial charge in [-0.3, -0.25) is 4.79 Å². The molecule has 0 N–H and O–H groups in total. The predicted octanol–water partition coefficient (Wildman–Crippen LogP) is 3.21. The highest BCUT2D eigenvalue weighted by atomic mass is 19.1. The van der Waals surface area contributed by atoms with E-state index in [1.807, 2.05) is 41.3 Å². The number of rotatable bonds is 6. The summed E-state index contributed by atoms with van der Waals surface area (Å²) in [6.45, 7) is 4.13. The van der Waals surface area contributed by atoms with Gasteiger partial charge in [-0.1, -0.05) is 30.3 Å². The SMILES string of the molecule is COc1cnnc(N2CCN(C(=O)Cn3nc(-c4ccc(F)c(C)c4)nc3-c3ccccc3)CC2)c1. The van der Waals surface area contributed by atoms with Crippen molar-refractivity contribution in [3.63, 3.8) is 0 Å². The lowest BCUT2D eigenvalue weighted by Crippen LogP contribution is -2.50. The molecule has 2 aromatic carbocycles. The summed E-state index contributed by atoms with van der Waals surface area (Å²) in [5.41, 5.74) is 2.06. The standard InChI is InChI=1S/C26H26FN7O2/c1-18-14-20(8-9-22(18)27)25-29-26(19-6-4-3-5-7-19)34(31-25)17-24(35)33-12-10-32(11-13-33)23-15-21(36-2)16-28-30-23/h3-9,14-16H,10-13,17H2,1-2H3. The van der Waals surface area contributed by atoms with Crippen LogP contribution < -0.4 is 9.64 Å². The molecule has 0 atom stereocenters. The van der Waals surface area contributed by atoms with E-state index in [-0.39, 0.29) is 18.3 Å². The second kappa shape index (κ2) is 10.1. The second-order valence-corrected chi connectivity index (χ2v) is 8.57. The number of carbonyl (C=O) groups excluding carboxylic acids is 1. The van der Waals surface area contributed by atoms with Crippen molar-refractivity contribution in [3.05, 3.63) is 72.2 Å². The van der Waals surface area contributed by atoms with Gasteiger partial charge in [0.15, 0.2) is 17.5 Å². The lowest BCUT2D eigenvalue weighted by molar-refractivity contribution is -0.132. The quantitative estimate of drug-likeness (QED) is 0.413. The summed E-state index contributed by atoms with van der Waals surface area (Å²) >= 11 is 0. The van der Waals surface area contributed by atoms with E-state index in [2.05, 4.69) is 20.2 Å². The lowest BCUT2D eigenvalue weighted by atomic mass is 10.1. The summed E-state index contributed by atoms with van der Waals surface area (Å²) in [6.07, 6.45) is 1.56. The number of methoxy groups -OCH3 is 1. The third-order valence-corrected chi connectivity index (χ3v) is 6.21. The van der Waals surface area contributed by atoms with Crippen molar-refractivity contribution in [2.75, 3.05) is 38.2 Å². The van der Waals surface area contributed by atoms with Crippen LogP contribution in [0.4, 0.5) is 10.2 Å². The van der Waals surface area contributed by atoms with Crippen molar-refractivity contribution in [2.45, 2.75) is 13.5 Å². The number of aromatic nitrogens is 5. The molecule has 0 spiro atoms. The van der Waals surface area contributed by atoms with E-state index in [0.29, 0.717) is 54.7 Å². The molecule has 2 aromatic heterocycles. The van der Waals surface area contributed by atoms with Gasteiger partial charge in [0.05, 0.1) is 13.3 Å². The predicted molar refractivity (Wildman–Crippen MR) is 133 cm³/mol. The van der Waals surface area contributed by atoms with Crippen molar-refractivity contribution in [1.29, 1.82) is 0 Å². The molecule has 0 unspecified atom stereocenters. The molecule has 1 saturated heterocycles. The topological polar surface area (TPSA) is 89.3 Å². The van der Waals surface area contributed by atoms with Crippen molar-refractivity contribution in [2.24, 2.45) is 0 Å². The average molecular weight is 488 g/mol. The van der Waals surface area contributed by atoms with Gasteiger partial charge in [-0.05, 0) is 30.7 Å². The summed E-state index contributed by atoms with van der Waals surface area (Å²) in [5, 5.41) is 12.8. The second-order valence-electron chi connectivity index (χ2n) is 8.57. The van der Waals surface area contributed by atoms with Crippen LogP contribution in [0, 0.1) is 12.7 Å². The first-order valence-corrected chi connectivity index (χ1v) is 11.7. The monoisotopic (exact) mass is 487 g/mol. The molecule has 0 bridgehead atoms. The van der Waals surface area contributed by atoms with Gasteiger partial charge in [-0.25, -0.2) is 14.1 Å². The minimum Gasteiger partial charge on any atom is -0.495 e. The number of benzene rings is 2. The van der Waals surface area contributed by atoms with Crippen LogP contribution in [0.15, 0.2) is 60.8 Å². The number of amides is 1. The first-order valence-electron chi connectivity index (χ1n) is 11.7. The molecule has 0 radical (unpaired) electrons. The van der Waals surface area contributed by atoms with Crippen LogP contribution in [0.2, 0.25) is 0 Å². The fraction of sp³-hybridized carbons (Fsp3) is 0.269. The summed E-state index contributed by atoms with van der Waals surface area (Å²) in [7, 11) is 1.59. The van der Waals surface area contributed by atoms with Crippen LogP contribution in [0.3, 0.4) is 0 Å². The zero-order valence-corrected chi connectivity index (χ0v) is 20.1. The van der Waals surface area contributed by atoms with E-state index in [1.54, 1.807) is 37.0 Å². The first kappa shape index (κ1) is 23.4. The number of anilines is 1. The number of halogens is 1. The van der Waals surface area contributed by atoms with Crippen LogP contribution >= 0.6 is 0 Å². The molecule has 9 nitrogen and oxygen atoms in total. The smallest absolute Gasteiger partial charge is 0.244 e. The molecule has 1 fully saturated rings. The number of hydrogen-bond acceptors (Lipinski definition) is 7. The van der Waals surface area contributed by atoms with Gasteiger partial charge in [0.2, 0.25) is 5.91 Å². The van der Waals surface area contributed by atoms with Gasteiger partial charge in [0, 0.05) is 43.4 Å². The Labute approximate surface area is 208 Å². The van der Waals surface area contributed by atoms with Gasteiger partial charge < -0.3 is 14.5 Å². The third-order valence-electron chi connectivity index (χ3n) is 6.21. The normalized spacial score (nSPS) is 13.6. The van der Waals surface area contributed by atoms with Crippen LogP contribution in [0.1, 0.15) is 5.56 Å². The zero-order chi connectivity index (χ0) is 25.1. The molecule has 1 aliphatic rings. The van der Waals surface area contributed by atoms with E-state index in [1.165, 1.54) is 6.07 Å². The maximum absolute atomic E-state index is 13.8. The molecule has 5 rings (SSSR count). The Morgan fingerprint density at radius 3 is 2.53 bits per heavy atom. The molecule has 184 valence electrons. The molecule has 3 heterocycles. The Hall–Kier alpha value is -4.34. The van der Waals surface area contributed by atoms with Gasteiger partial charge in [-0.15, -0.1) is 10.2 Å². The van der Waals surface area contributed by atoms with Gasteiger partial charge >= 0.3 is 0 Å². The number of carbonyl (C=O) groups is 1. The summed E-state index contributed by atoms with van der Waals surface area (Å²) in [5.74, 6) is 2.08. The van der Waals surface area contributed by atoms with Crippen LogP contribution in [-0.2, 0) is 11.3 Å². The number of ether oxygens (including phenoxy) is 1. The Bertz CT molecular complexity index is 1370. The van der Waals surface area contributed by atoms with Gasteiger partial charge in [-0.2, -0.15) is 5.10 Å². The first-order chi connectivity index (χ1) is 17.5. The largest absolute Gasteiger partial charge is 0.495 e. The summed E-state index contributed by atoms with van der Waals surface area (Å²) in [4.78, 5) is 21.9. The third kappa shape index (κ3) is 4.88. The molecule has 10 heteroatoms. The molecule has 1 amide bonds. The van der Waals surface area contributed by atoms with E-state index in [0.717, 1.165) is 11.4 Å². The van der Waals surface area contributed by atoms with Crippen molar-refractivity contribution in [3.8, 4) is 28.5 Å². The maximum atomic E-state index is 13.8. The number of nitrogens with zero attached hydrogens (tertiary/aromatic N) is 7. The van der Waals surface area contributed by atoms with E-state index in [4.69, 9.17) is 9.72 Å². The van der Waals surface area contributed by atoms with E-state index < -0.39 is 0 Å². The zero-order valence-electron chi connectivity index (χ0n) is 20.1. The van der Waals surface area contributed by atoms with Crippen molar-refractivity contribution >= 4 is 11.7 Å². The van der Waals surface area contributed by atoms with Gasteiger partial charge in [0.25, 0.3) is 0 Å². The number of hydrogen-bond donors (Lipinski definition) is 0. The van der Waals surface area contributed by atoms with Gasteiger partial charge in [0.1, 0.15) is 18.1 Å². The lowest BCUT2D eigenvalue weighted by Gasteiger charge is -2.35. The molecule has 4 aromatic rings. The van der Waals surface area contributed by atoms with E-state index >= 15 is 0 Å². The molecule has 36 heavy (non-hydrogen) atoms. The van der Waals surface area contributed by atoms with E-state index in [9.17, 15) is 9.18 Å². The summed E-state index contributed by atoms with van der Waals surface area (Å²) < 4.78 is 20.7. The summed E-state index contributed by atoms with van der Waals surface area (Å²) in [6, 6.07) is 16.2. The van der Waals surface area contributed by atoms with Crippen LogP contribution in [0.5, 0.6) is 5.75 Å². The highest BCUT2D eigenvalue weighted by molar-refractivity contribution is 5.77. The minimum atomic E-state index is -0.282. The fourth-order valence-electron chi connectivity index (χ4n) is 4.18. The fourth-order valence-corrected chi connectivity index (χ4v) is 4.18. The van der Waals surface area contributed by atoms with Crippen molar-refractivity contribution in [1.82, 2.24) is 29.9 Å². The van der Waals surface area contributed by atoms with Crippen LogP contribution in [0.25, 0.3) is 22.8 Å². The maximum Gasteiger partial charge on any atom is 0.244 e. The number of piperazine rings is 1. The molecular weight excluding hydrogens is 461 g/mol. The number of aryl methyl sites for hydroxylation is 1. The highest BCUT2D eigenvalue weighted by Gasteiger charge is 2.24. The molecule has 0 aliphatic carbocycles. The minimum absolute atomic E-state index is 0.0460. The Kier molecular flexibility index (Phi) is 6.57.